The van der Waals surface area contributed by atoms with Crippen molar-refractivity contribution in [1.29, 1.82) is 0 Å². The lowest BCUT2D eigenvalue weighted by Crippen LogP contribution is -2.40. The molecule has 132 valence electrons. The van der Waals surface area contributed by atoms with Crippen molar-refractivity contribution in [3.05, 3.63) is 17.5 Å². The predicted octanol–water partition coefficient (Wildman–Crippen LogP) is 0.861. The number of carbonyl (C=O) groups is 2. The Kier molecular flexibility index (Phi) is 4.89. The highest BCUT2D eigenvalue weighted by atomic mass is 16.5. The number of carbonyl (C=O) groups excluding carboxylic acids is 2. The Hall–Kier alpha value is -1.89. The topological polar surface area (TPSA) is 90.4 Å². The summed E-state index contributed by atoms with van der Waals surface area (Å²) in [5.74, 6) is 0.0825. The van der Waals surface area contributed by atoms with E-state index < -0.39 is 0 Å². The van der Waals surface area contributed by atoms with Crippen molar-refractivity contribution in [3.8, 4) is 0 Å². The summed E-state index contributed by atoms with van der Waals surface area (Å²) in [6.07, 6.45) is 5.27. The first-order chi connectivity index (χ1) is 11.5. The molecule has 2 saturated heterocycles. The van der Waals surface area contributed by atoms with Gasteiger partial charge in [-0.2, -0.15) is 5.10 Å². The molecule has 7 heteroatoms. The van der Waals surface area contributed by atoms with Gasteiger partial charge in [0.1, 0.15) is 0 Å². The van der Waals surface area contributed by atoms with Gasteiger partial charge in [0.25, 0.3) is 5.91 Å². The van der Waals surface area contributed by atoms with Gasteiger partial charge in [-0.1, -0.05) is 0 Å². The summed E-state index contributed by atoms with van der Waals surface area (Å²) in [5, 5.41) is 4.27. The van der Waals surface area contributed by atoms with Gasteiger partial charge in [0.15, 0.2) is 5.69 Å². The highest BCUT2D eigenvalue weighted by molar-refractivity contribution is 5.93. The smallest absolute Gasteiger partial charge is 0.274 e. The maximum atomic E-state index is 12.6. The average molecular weight is 334 g/mol. The number of aryl methyl sites for hydroxylation is 2. The number of hydrogen-bond acceptors (Lipinski definition) is 4. The first-order valence-electron chi connectivity index (χ1n) is 8.66. The largest absolute Gasteiger partial charge is 0.377 e. The van der Waals surface area contributed by atoms with E-state index in [1.165, 1.54) is 0 Å². The number of hydrogen-bond donors (Lipinski definition) is 1. The third-order valence-corrected chi connectivity index (χ3v) is 5.26. The van der Waals surface area contributed by atoms with E-state index in [9.17, 15) is 9.59 Å². The van der Waals surface area contributed by atoms with Crippen LogP contribution < -0.4 is 5.73 Å². The van der Waals surface area contributed by atoms with Crippen LogP contribution in [0.4, 0.5) is 0 Å². The van der Waals surface area contributed by atoms with Crippen LogP contribution in [0.2, 0.25) is 0 Å². The number of primary amides is 1. The second-order valence-corrected chi connectivity index (χ2v) is 7.01. The van der Waals surface area contributed by atoms with Crippen LogP contribution in [0, 0.1) is 18.8 Å². The van der Waals surface area contributed by atoms with Crippen LogP contribution in [0.3, 0.4) is 0 Å². The minimum Gasteiger partial charge on any atom is -0.377 e. The standard InChI is InChI=1S/C17H26N4O3/c1-11-10-20(2)19-15(11)17(23)21-6-3-12(4-7-21)9-14-13(16(18)22)5-8-24-14/h10,12-14H,3-9H2,1-2H3,(H2,18,22)/t13-,14-/m1/s1. The molecular formula is C17H26N4O3. The van der Waals surface area contributed by atoms with Gasteiger partial charge in [-0.05, 0) is 38.5 Å². The van der Waals surface area contributed by atoms with E-state index >= 15 is 0 Å². The Morgan fingerprint density at radius 3 is 2.62 bits per heavy atom. The van der Waals surface area contributed by atoms with E-state index in [1.54, 1.807) is 4.68 Å². The molecule has 2 fully saturated rings. The van der Waals surface area contributed by atoms with Crippen LogP contribution in [0.15, 0.2) is 6.20 Å². The van der Waals surface area contributed by atoms with Crippen molar-refractivity contribution in [2.24, 2.45) is 24.6 Å². The van der Waals surface area contributed by atoms with Gasteiger partial charge in [-0.15, -0.1) is 0 Å². The van der Waals surface area contributed by atoms with Crippen LogP contribution in [-0.2, 0) is 16.6 Å². The molecule has 0 aliphatic carbocycles. The molecule has 0 aromatic carbocycles. The van der Waals surface area contributed by atoms with Crippen LogP contribution in [0.1, 0.15) is 41.7 Å². The molecule has 2 aliphatic heterocycles. The number of rotatable bonds is 4. The molecule has 2 aliphatic rings. The number of likely N-dealkylation sites (tertiary alicyclic amines) is 1. The Labute approximate surface area is 142 Å². The number of piperidine rings is 1. The van der Waals surface area contributed by atoms with Gasteiger partial charge in [-0.3, -0.25) is 14.3 Å². The Morgan fingerprint density at radius 2 is 2.04 bits per heavy atom. The van der Waals surface area contributed by atoms with Crippen molar-refractivity contribution >= 4 is 11.8 Å². The van der Waals surface area contributed by atoms with Crippen molar-refractivity contribution in [3.63, 3.8) is 0 Å². The van der Waals surface area contributed by atoms with Crippen molar-refractivity contribution in [2.45, 2.75) is 38.7 Å². The third kappa shape index (κ3) is 3.45. The molecule has 3 rings (SSSR count). The van der Waals surface area contributed by atoms with E-state index in [0.717, 1.165) is 44.3 Å². The molecule has 3 heterocycles. The summed E-state index contributed by atoms with van der Waals surface area (Å²) in [4.78, 5) is 25.9. The van der Waals surface area contributed by atoms with E-state index in [2.05, 4.69) is 5.10 Å². The lowest BCUT2D eigenvalue weighted by molar-refractivity contribution is -0.123. The molecule has 0 radical (unpaired) electrons. The number of amides is 2. The van der Waals surface area contributed by atoms with Crippen molar-refractivity contribution in [1.82, 2.24) is 14.7 Å². The predicted molar refractivity (Wildman–Crippen MR) is 88.2 cm³/mol. The molecule has 0 spiro atoms. The number of nitrogens with zero attached hydrogens (tertiary/aromatic N) is 3. The summed E-state index contributed by atoms with van der Waals surface area (Å²) in [6.45, 7) is 3.99. The normalized spacial score (nSPS) is 25.2. The van der Waals surface area contributed by atoms with E-state index in [0.29, 0.717) is 18.2 Å². The van der Waals surface area contributed by atoms with E-state index in [4.69, 9.17) is 10.5 Å². The fourth-order valence-electron chi connectivity index (χ4n) is 3.87. The summed E-state index contributed by atoms with van der Waals surface area (Å²) in [5.41, 5.74) is 6.91. The van der Waals surface area contributed by atoms with E-state index in [-0.39, 0.29) is 23.8 Å². The summed E-state index contributed by atoms with van der Waals surface area (Å²) >= 11 is 0. The summed E-state index contributed by atoms with van der Waals surface area (Å²) < 4.78 is 7.37. The summed E-state index contributed by atoms with van der Waals surface area (Å²) in [6, 6.07) is 0. The highest BCUT2D eigenvalue weighted by Gasteiger charge is 2.35. The molecule has 2 amide bonds. The highest BCUT2D eigenvalue weighted by Crippen LogP contribution is 2.31. The van der Waals surface area contributed by atoms with Gasteiger partial charge >= 0.3 is 0 Å². The number of aromatic nitrogens is 2. The molecule has 0 unspecified atom stereocenters. The molecule has 1 aromatic rings. The van der Waals surface area contributed by atoms with Crippen molar-refractivity contribution < 1.29 is 14.3 Å². The zero-order valence-electron chi connectivity index (χ0n) is 14.4. The van der Waals surface area contributed by atoms with Gasteiger partial charge in [0.2, 0.25) is 5.91 Å². The van der Waals surface area contributed by atoms with E-state index in [1.807, 2.05) is 25.1 Å². The second kappa shape index (κ2) is 6.93. The second-order valence-electron chi connectivity index (χ2n) is 7.01. The molecule has 7 nitrogen and oxygen atoms in total. The Morgan fingerprint density at radius 1 is 1.33 bits per heavy atom. The average Bonchev–Trinajstić information content (AvgIpc) is 3.13. The Balaban J connectivity index is 1.53. The SMILES string of the molecule is Cc1cn(C)nc1C(=O)N1CCC(C[C@H]2OCC[C@H]2C(N)=O)CC1. The van der Waals surface area contributed by atoms with Gasteiger partial charge in [0, 0.05) is 38.5 Å². The molecular weight excluding hydrogens is 308 g/mol. The quantitative estimate of drug-likeness (QED) is 0.884. The van der Waals surface area contributed by atoms with Crippen LogP contribution in [-0.4, -0.2) is 52.3 Å². The molecule has 1 aromatic heterocycles. The zero-order chi connectivity index (χ0) is 17.3. The molecule has 24 heavy (non-hydrogen) atoms. The number of ether oxygens (including phenoxy) is 1. The monoisotopic (exact) mass is 334 g/mol. The first kappa shape index (κ1) is 17.0. The lowest BCUT2D eigenvalue weighted by atomic mass is 9.86. The minimum atomic E-state index is -0.254. The van der Waals surface area contributed by atoms with Crippen LogP contribution in [0.5, 0.6) is 0 Å². The van der Waals surface area contributed by atoms with Gasteiger partial charge in [0.05, 0.1) is 12.0 Å². The fraction of sp³-hybridized carbons (Fsp3) is 0.706. The number of nitrogens with two attached hydrogens (primary N) is 1. The Bertz CT molecular complexity index is 619. The van der Waals surface area contributed by atoms with Gasteiger partial charge in [-0.25, -0.2) is 0 Å². The zero-order valence-corrected chi connectivity index (χ0v) is 14.4. The van der Waals surface area contributed by atoms with Gasteiger partial charge < -0.3 is 15.4 Å². The third-order valence-electron chi connectivity index (χ3n) is 5.26. The maximum Gasteiger partial charge on any atom is 0.274 e. The molecule has 2 atom stereocenters. The van der Waals surface area contributed by atoms with Crippen LogP contribution in [0.25, 0.3) is 0 Å². The molecule has 0 bridgehead atoms. The fourth-order valence-corrected chi connectivity index (χ4v) is 3.87. The minimum absolute atomic E-state index is 0.0127. The van der Waals surface area contributed by atoms with Crippen molar-refractivity contribution in [2.75, 3.05) is 19.7 Å². The molecule has 2 N–H and O–H groups in total. The molecule has 0 saturated carbocycles. The maximum absolute atomic E-state index is 12.6. The summed E-state index contributed by atoms with van der Waals surface area (Å²) in [7, 11) is 1.83. The van der Waals surface area contributed by atoms with Crippen LogP contribution >= 0.6 is 0 Å². The lowest BCUT2D eigenvalue weighted by Gasteiger charge is -2.33. The first-order valence-corrected chi connectivity index (χ1v) is 8.66.